The Morgan fingerprint density at radius 1 is 0.971 bits per heavy atom. The molecule has 3 heterocycles. The average Bonchev–Trinajstić information content (AvgIpc) is 3.13. The van der Waals surface area contributed by atoms with Gasteiger partial charge in [-0.2, -0.15) is 0 Å². The lowest BCUT2D eigenvalue weighted by atomic mass is 10.2. The molecule has 2 aliphatic heterocycles. The summed E-state index contributed by atoms with van der Waals surface area (Å²) in [6, 6.07) is 13.5. The Morgan fingerprint density at radius 2 is 1.76 bits per heavy atom. The van der Waals surface area contributed by atoms with E-state index in [0.717, 1.165) is 80.1 Å². The number of furan rings is 1. The number of rotatable bonds is 7. The van der Waals surface area contributed by atoms with Crippen LogP contribution in [0.25, 0.3) is 11.0 Å². The summed E-state index contributed by atoms with van der Waals surface area (Å²) in [5.74, 6) is 1.69. The Kier molecular flexibility index (Phi) is 6.76. The predicted molar refractivity (Wildman–Crippen MR) is 133 cm³/mol. The molecular weight excluding hydrogens is 432 g/mol. The van der Waals surface area contributed by atoms with E-state index < -0.39 is 6.03 Å². The molecule has 0 radical (unpaired) electrons. The Morgan fingerprint density at radius 3 is 2.59 bits per heavy atom. The fourth-order valence-corrected chi connectivity index (χ4v) is 4.71. The quantitative estimate of drug-likeness (QED) is 0.531. The Labute approximate surface area is 199 Å². The zero-order chi connectivity index (χ0) is 23.3. The minimum Gasteiger partial charge on any atom is -0.490 e. The number of benzene rings is 2. The summed E-state index contributed by atoms with van der Waals surface area (Å²) in [6.07, 6.45) is 4.42. The summed E-state index contributed by atoms with van der Waals surface area (Å²) in [4.78, 5) is 18.6. The number of fused-ring (bicyclic) bond motifs is 2. The molecule has 1 saturated heterocycles. The molecule has 0 saturated carbocycles. The molecule has 0 bridgehead atoms. The third kappa shape index (κ3) is 4.92. The number of piperazine rings is 1. The smallest absolute Gasteiger partial charge is 0.319 e. The van der Waals surface area contributed by atoms with Gasteiger partial charge in [0.05, 0.1) is 18.9 Å². The van der Waals surface area contributed by atoms with Gasteiger partial charge in [-0.25, -0.2) is 4.79 Å². The fraction of sp³-hybridized carbons (Fsp3) is 0.423. The van der Waals surface area contributed by atoms with Gasteiger partial charge >= 0.3 is 6.03 Å². The first-order valence-corrected chi connectivity index (χ1v) is 12.1. The van der Waals surface area contributed by atoms with Crippen molar-refractivity contribution in [2.24, 2.45) is 5.73 Å². The molecule has 2 aliphatic rings. The number of nitrogens with zero attached hydrogens (tertiary/aromatic N) is 3. The van der Waals surface area contributed by atoms with E-state index in [4.69, 9.17) is 19.6 Å². The monoisotopic (exact) mass is 464 g/mol. The molecule has 0 atom stereocenters. The highest BCUT2D eigenvalue weighted by Crippen LogP contribution is 2.34. The maximum Gasteiger partial charge on any atom is 0.319 e. The number of anilines is 2. The molecule has 0 aliphatic carbocycles. The van der Waals surface area contributed by atoms with Crippen LogP contribution >= 0.6 is 0 Å². The normalized spacial score (nSPS) is 16.4. The van der Waals surface area contributed by atoms with Crippen molar-refractivity contribution < 1.29 is 18.7 Å². The van der Waals surface area contributed by atoms with Crippen molar-refractivity contribution in [1.82, 2.24) is 4.90 Å². The van der Waals surface area contributed by atoms with Crippen LogP contribution in [0.4, 0.5) is 16.2 Å². The van der Waals surface area contributed by atoms with Gasteiger partial charge in [0.2, 0.25) is 0 Å². The number of urea groups is 1. The number of amides is 2. The van der Waals surface area contributed by atoms with Crippen LogP contribution in [0.1, 0.15) is 19.3 Å². The maximum atomic E-state index is 12.1. The molecule has 3 aromatic rings. The first-order chi connectivity index (χ1) is 16.7. The topological polar surface area (TPSA) is 84.4 Å². The maximum absolute atomic E-state index is 12.1. The molecule has 8 heteroatoms. The van der Waals surface area contributed by atoms with Crippen molar-refractivity contribution in [3.05, 3.63) is 48.7 Å². The van der Waals surface area contributed by atoms with E-state index in [9.17, 15) is 4.79 Å². The van der Waals surface area contributed by atoms with E-state index in [1.807, 2.05) is 30.3 Å². The summed E-state index contributed by atoms with van der Waals surface area (Å²) in [5.41, 5.74) is 8.37. The summed E-state index contributed by atoms with van der Waals surface area (Å²) >= 11 is 0. The number of carbonyl (C=O) groups is 1. The van der Waals surface area contributed by atoms with Crippen molar-refractivity contribution in [3.8, 4) is 11.5 Å². The first-order valence-electron chi connectivity index (χ1n) is 12.1. The zero-order valence-corrected chi connectivity index (χ0v) is 19.4. The highest BCUT2D eigenvalue weighted by atomic mass is 16.5. The molecule has 34 heavy (non-hydrogen) atoms. The van der Waals surface area contributed by atoms with Crippen LogP contribution in [0.5, 0.6) is 11.5 Å². The second-order valence-corrected chi connectivity index (χ2v) is 8.82. The van der Waals surface area contributed by atoms with Gasteiger partial charge in [0.25, 0.3) is 0 Å². The minimum atomic E-state index is -0.449. The Bertz CT molecular complexity index is 1120. The van der Waals surface area contributed by atoms with Crippen LogP contribution in [0.3, 0.4) is 0 Å². The first kappa shape index (κ1) is 22.4. The predicted octanol–water partition coefficient (Wildman–Crippen LogP) is 4.08. The van der Waals surface area contributed by atoms with Crippen LogP contribution in [0.15, 0.2) is 53.1 Å². The second-order valence-electron chi connectivity index (χ2n) is 8.82. The van der Waals surface area contributed by atoms with Crippen LogP contribution in [0, 0.1) is 0 Å². The molecule has 2 N–H and O–H groups in total. The summed E-state index contributed by atoms with van der Waals surface area (Å²) in [5, 5.41) is 0.909. The summed E-state index contributed by atoms with van der Waals surface area (Å²) in [6.45, 7) is 6.99. The summed E-state index contributed by atoms with van der Waals surface area (Å²) in [7, 11) is 0. The Hall–Kier alpha value is -3.39. The molecule has 0 unspecified atom stereocenters. The molecule has 180 valence electrons. The summed E-state index contributed by atoms with van der Waals surface area (Å²) < 4.78 is 17.2. The van der Waals surface area contributed by atoms with Gasteiger partial charge in [0.1, 0.15) is 11.8 Å². The van der Waals surface area contributed by atoms with Crippen LogP contribution < -0.4 is 25.0 Å². The number of unbranched alkanes of at least 4 members (excludes halogenated alkanes) is 1. The zero-order valence-electron chi connectivity index (χ0n) is 19.4. The third-order valence-corrected chi connectivity index (χ3v) is 6.59. The van der Waals surface area contributed by atoms with E-state index in [1.54, 1.807) is 11.2 Å². The molecule has 1 aromatic heterocycles. The molecule has 2 aromatic carbocycles. The van der Waals surface area contributed by atoms with Gasteiger partial charge in [0, 0.05) is 56.3 Å². The van der Waals surface area contributed by atoms with E-state index in [0.29, 0.717) is 19.8 Å². The number of hydrogen-bond acceptors (Lipinski definition) is 6. The molecule has 8 nitrogen and oxygen atoms in total. The standard InChI is InChI=1S/C26H32N4O4/c27-26(31)30(22-19-34-23-7-2-1-6-21(22)23)11-4-3-10-28-12-14-29(15-13-28)20-8-9-24-25(18-20)33-17-5-16-32-24/h1-2,6-9,18-19H,3-5,10-17H2,(H2,27,31). The largest absolute Gasteiger partial charge is 0.490 e. The van der Waals surface area contributed by atoms with E-state index in [2.05, 4.69) is 21.9 Å². The lowest BCUT2D eigenvalue weighted by Gasteiger charge is -2.36. The van der Waals surface area contributed by atoms with Crippen molar-refractivity contribution >= 4 is 28.4 Å². The Balaban J connectivity index is 1.09. The van der Waals surface area contributed by atoms with Crippen molar-refractivity contribution in [1.29, 1.82) is 0 Å². The molecule has 2 amide bonds. The van der Waals surface area contributed by atoms with Gasteiger partial charge in [-0.15, -0.1) is 0 Å². The van der Waals surface area contributed by atoms with Crippen molar-refractivity contribution in [2.75, 3.05) is 62.3 Å². The number of para-hydroxylation sites is 1. The molecule has 0 spiro atoms. The van der Waals surface area contributed by atoms with Crippen LogP contribution in [0.2, 0.25) is 0 Å². The lowest BCUT2D eigenvalue weighted by molar-refractivity contribution is 0.249. The van der Waals surface area contributed by atoms with Gasteiger partial charge < -0.3 is 24.5 Å². The third-order valence-electron chi connectivity index (χ3n) is 6.59. The molecular formula is C26H32N4O4. The van der Waals surface area contributed by atoms with E-state index in [-0.39, 0.29) is 0 Å². The number of nitrogens with two attached hydrogens (primary N) is 1. The van der Waals surface area contributed by atoms with Gasteiger partial charge in [-0.05, 0) is 43.7 Å². The lowest BCUT2D eigenvalue weighted by Crippen LogP contribution is -2.46. The minimum absolute atomic E-state index is 0.449. The van der Waals surface area contributed by atoms with Crippen molar-refractivity contribution in [3.63, 3.8) is 0 Å². The van der Waals surface area contributed by atoms with Gasteiger partial charge in [0.15, 0.2) is 11.5 Å². The number of carbonyl (C=O) groups excluding carboxylic acids is 1. The fourth-order valence-electron chi connectivity index (χ4n) is 4.71. The molecule has 5 rings (SSSR count). The van der Waals surface area contributed by atoms with E-state index >= 15 is 0 Å². The van der Waals surface area contributed by atoms with Crippen molar-refractivity contribution in [2.45, 2.75) is 19.3 Å². The second kappa shape index (κ2) is 10.3. The van der Waals surface area contributed by atoms with Crippen LogP contribution in [-0.2, 0) is 0 Å². The molecule has 1 fully saturated rings. The number of ether oxygens (including phenoxy) is 2. The highest BCUT2D eigenvalue weighted by Gasteiger charge is 2.20. The van der Waals surface area contributed by atoms with Crippen LogP contribution in [-0.4, -0.2) is 63.4 Å². The number of hydrogen-bond donors (Lipinski definition) is 1. The van der Waals surface area contributed by atoms with Gasteiger partial charge in [-0.3, -0.25) is 9.80 Å². The highest BCUT2D eigenvalue weighted by molar-refractivity contribution is 6.01. The van der Waals surface area contributed by atoms with E-state index in [1.165, 1.54) is 5.69 Å². The number of primary amides is 1. The SMILES string of the molecule is NC(=O)N(CCCCN1CCN(c2ccc3c(c2)OCCCO3)CC1)c1coc2ccccc12. The van der Waals surface area contributed by atoms with Gasteiger partial charge in [-0.1, -0.05) is 12.1 Å². The average molecular weight is 465 g/mol.